The molecule has 0 aliphatic carbocycles. The number of thiophene rings is 1. The van der Waals surface area contributed by atoms with Gasteiger partial charge >= 0.3 is 0 Å². The quantitative estimate of drug-likeness (QED) is 0.791. The van der Waals surface area contributed by atoms with Crippen LogP contribution in [0.25, 0.3) is 0 Å². The van der Waals surface area contributed by atoms with Crippen molar-refractivity contribution in [3.63, 3.8) is 0 Å². The van der Waals surface area contributed by atoms with Gasteiger partial charge in [0.05, 0.1) is 0 Å². The molecule has 15 heavy (non-hydrogen) atoms. The Hall–Kier alpha value is 0.1000. The summed E-state index contributed by atoms with van der Waals surface area (Å²) < 4.78 is 1.17. The Morgan fingerprint density at radius 2 is 2.27 bits per heavy atom. The van der Waals surface area contributed by atoms with E-state index in [9.17, 15) is 0 Å². The zero-order chi connectivity index (χ0) is 11.3. The molecule has 1 aromatic rings. The first kappa shape index (κ1) is 13.2. The number of halogens is 1. The van der Waals surface area contributed by atoms with Gasteiger partial charge in [-0.2, -0.15) is 0 Å². The van der Waals surface area contributed by atoms with Gasteiger partial charge in [0.25, 0.3) is 0 Å². The molecule has 0 saturated carbocycles. The van der Waals surface area contributed by atoms with Crippen LogP contribution in [0.3, 0.4) is 0 Å². The van der Waals surface area contributed by atoms with Gasteiger partial charge in [0.2, 0.25) is 0 Å². The minimum Gasteiger partial charge on any atom is -0.327 e. The van der Waals surface area contributed by atoms with Crippen molar-refractivity contribution in [3.8, 4) is 0 Å². The summed E-state index contributed by atoms with van der Waals surface area (Å²) in [4.78, 5) is 1.36. The highest BCUT2D eigenvalue weighted by molar-refractivity contribution is 9.10. The maximum absolute atomic E-state index is 5.96. The Labute approximate surface area is 104 Å². The van der Waals surface area contributed by atoms with E-state index < -0.39 is 0 Å². The van der Waals surface area contributed by atoms with Gasteiger partial charge in [-0.3, -0.25) is 0 Å². The third kappa shape index (κ3) is 5.11. The van der Waals surface area contributed by atoms with Crippen LogP contribution in [0, 0.1) is 5.92 Å². The molecule has 0 aliphatic heterocycles. The van der Waals surface area contributed by atoms with Gasteiger partial charge in [-0.05, 0) is 40.9 Å². The predicted molar refractivity (Wildman–Crippen MR) is 71.2 cm³/mol. The molecule has 1 rings (SSSR count). The van der Waals surface area contributed by atoms with Crippen molar-refractivity contribution < 1.29 is 0 Å². The van der Waals surface area contributed by atoms with Crippen LogP contribution in [-0.2, 0) is 6.54 Å². The fraction of sp³-hybridized carbons (Fsp3) is 0.636. The lowest BCUT2D eigenvalue weighted by Crippen LogP contribution is -2.30. The lowest BCUT2D eigenvalue weighted by Gasteiger charge is -2.15. The summed E-state index contributed by atoms with van der Waals surface area (Å²) in [5.41, 5.74) is 5.96. The summed E-state index contributed by atoms with van der Waals surface area (Å²) in [7, 11) is 0. The molecule has 0 saturated heterocycles. The minimum atomic E-state index is 0.313. The maximum atomic E-state index is 5.96. The van der Waals surface area contributed by atoms with Gasteiger partial charge in [-0.1, -0.05) is 13.8 Å². The first-order valence-electron chi connectivity index (χ1n) is 5.29. The Morgan fingerprint density at radius 1 is 1.53 bits per heavy atom. The zero-order valence-electron chi connectivity index (χ0n) is 9.29. The molecule has 0 spiro atoms. The number of nitrogens with one attached hydrogen (secondary N) is 1. The van der Waals surface area contributed by atoms with Gasteiger partial charge < -0.3 is 11.1 Å². The molecule has 1 atom stereocenters. The van der Waals surface area contributed by atoms with E-state index in [0.29, 0.717) is 12.0 Å². The van der Waals surface area contributed by atoms with Crippen molar-refractivity contribution in [1.82, 2.24) is 5.32 Å². The number of nitrogens with two attached hydrogens (primary N) is 1. The van der Waals surface area contributed by atoms with E-state index in [1.54, 1.807) is 11.3 Å². The second kappa shape index (κ2) is 6.63. The Bertz CT molecular complexity index is 286. The minimum absolute atomic E-state index is 0.313. The molecule has 0 fully saturated rings. The Morgan fingerprint density at radius 3 is 2.80 bits per heavy atom. The lowest BCUT2D eigenvalue weighted by molar-refractivity contribution is 0.450. The molecule has 4 heteroatoms. The predicted octanol–water partition coefficient (Wildman–Crippen LogP) is 2.97. The summed E-state index contributed by atoms with van der Waals surface area (Å²) in [6.45, 7) is 6.28. The van der Waals surface area contributed by atoms with Crippen LogP contribution >= 0.6 is 27.3 Å². The number of hydrogen-bond acceptors (Lipinski definition) is 3. The Kier molecular flexibility index (Phi) is 5.82. The van der Waals surface area contributed by atoms with Crippen molar-refractivity contribution in [3.05, 3.63) is 20.8 Å². The lowest BCUT2D eigenvalue weighted by atomic mass is 10.0. The second-order valence-corrected chi connectivity index (χ2v) is 6.02. The molecule has 2 nitrogen and oxygen atoms in total. The Balaban J connectivity index is 2.12. The topological polar surface area (TPSA) is 38.0 Å². The van der Waals surface area contributed by atoms with Crippen molar-refractivity contribution in [2.24, 2.45) is 11.7 Å². The first-order valence-corrected chi connectivity index (χ1v) is 6.96. The highest BCUT2D eigenvalue weighted by Crippen LogP contribution is 2.19. The van der Waals surface area contributed by atoms with Crippen LogP contribution in [0.5, 0.6) is 0 Å². The van der Waals surface area contributed by atoms with E-state index in [1.165, 1.54) is 9.35 Å². The van der Waals surface area contributed by atoms with E-state index in [2.05, 4.69) is 46.5 Å². The van der Waals surface area contributed by atoms with Crippen LogP contribution in [0.1, 0.15) is 25.1 Å². The van der Waals surface area contributed by atoms with Crippen LogP contribution < -0.4 is 11.1 Å². The third-order valence-electron chi connectivity index (χ3n) is 2.43. The van der Waals surface area contributed by atoms with Gasteiger partial charge in [0.1, 0.15) is 0 Å². The standard InChI is InChI=1S/C11H19BrN2S/c1-8(2)11(13)3-4-14-6-10-5-9(12)7-15-10/h5,7-8,11,14H,3-4,6,13H2,1-2H3. The molecule has 1 unspecified atom stereocenters. The van der Waals surface area contributed by atoms with Crippen LogP contribution in [0.2, 0.25) is 0 Å². The summed E-state index contributed by atoms with van der Waals surface area (Å²) in [6.07, 6.45) is 1.05. The van der Waals surface area contributed by atoms with E-state index in [1.807, 2.05) is 0 Å². The maximum Gasteiger partial charge on any atom is 0.0300 e. The molecule has 1 heterocycles. The summed E-state index contributed by atoms with van der Waals surface area (Å²) >= 11 is 5.22. The summed E-state index contributed by atoms with van der Waals surface area (Å²) in [6, 6.07) is 2.47. The normalized spacial score (nSPS) is 13.4. The second-order valence-electron chi connectivity index (χ2n) is 4.10. The smallest absolute Gasteiger partial charge is 0.0300 e. The van der Waals surface area contributed by atoms with Crippen molar-refractivity contribution >= 4 is 27.3 Å². The van der Waals surface area contributed by atoms with Gasteiger partial charge in [-0.25, -0.2) is 0 Å². The average molecular weight is 291 g/mol. The monoisotopic (exact) mass is 290 g/mol. The summed E-state index contributed by atoms with van der Waals surface area (Å²) in [5, 5.41) is 5.52. The summed E-state index contributed by atoms with van der Waals surface area (Å²) in [5.74, 6) is 0.572. The third-order valence-corrected chi connectivity index (χ3v) is 4.13. The molecular weight excluding hydrogens is 272 g/mol. The van der Waals surface area contributed by atoms with Crippen LogP contribution in [0.4, 0.5) is 0 Å². The molecule has 3 N–H and O–H groups in total. The average Bonchev–Trinajstić information content (AvgIpc) is 2.58. The SMILES string of the molecule is CC(C)C(N)CCNCc1cc(Br)cs1. The van der Waals surface area contributed by atoms with E-state index in [-0.39, 0.29) is 0 Å². The molecular formula is C11H19BrN2S. The van der Waals surface area contributed by atoms with Crippen molar-refractivity contribution in [1.29, 1.82) is 0 Å². The van der Waals surface area contributed by atoms with Gasteiger partial charge in [0.15, 0.2) is 0 Å². The molecule has 0 radical (unpaired) electrons. The molecule has 1 aromatic heterocycles. The van der Waals surface area contributed by atoms with Gasteiger partial charge in [-0.15, -0.1) is 11.3 Å². The largest absolute Gasteiger partial charge is 0.327 e. The van der Waals surface area contributed by atoms with Crippen molar-refractivity contribution in [2.45, 2.75) is 32.9 Å². The zero-order valence-corrected chi connectivity index (χ0v) is 11.7. The molecule has 0 aliphatic rings. The molecule has 0 amide bonds. The number of rotatable bonds is 6. The highest BCUT2D eigenvalue weighted by atomic mass is 79.9. The van der Waals surface area contributed by atoms with Crippen molar-refractivity contribution in [2.75, 3.05) is 6.54 Å². The van der Waals surface area contributed by atoms with E-state index >= 15 is 0 Å². The van der Waals surface area contributed by atoms with E-state index in [0.717, 1.165) is 19.5 Å². The first-order chi connectivity index (χ1) is 7.09. The molecule has 0 bridgehead atoms. The highest BCUT2D eigenvalue weighted by Gasteiger charge is 2.06. The number of hydrogen-bond donors (Lipinski definition) is 2. The fourth-order valence-corrected chi connectivity index (χ4v) is 2.68. The molecule has 0 aromatic carbocycles. The molecule has 86 valence electrons. The van der Waals surface area contributed by atoms with E-state index in [4.69, 9.17) is 5.73 Å². The van der Waals surface area contributed by atoms with Gasteiger partial charge in [0, 0.05) is 27.3 Å². The fourth-order valence-electron chi connectivity index (χ4n) is 1.26. The van der Waals surface area contributed by atoms with Crippen LogP contribution in [0.15, 0.2) is 15.9 Å². The van der Waals surface area contributed by atoms with Crippen LogP contribution in [-0.4, -0.2) is 12.6 Å².